The number of hydrogen-bond donors (Lipinski definition) is 1. The number of rotatable bonds is 5. The summed E-state index contributed by atoms with van der Waals surface area (Å²) in [5.41, 5.74) is -0.699. The smallest absolute Gasteiger partial charge is 0.404 e. The van der Waals surface area contributed by atoms with Crippen molar-refractivity contribution < 1.29 is 31.1 Å². The second-order valence-electron chi connectivity index (χ2n) is 4.27. The average molecular weight is 336 g/mol. The van der Waals surface area contributed by atoms with Gasteiger partial charge in [-0.3, -0.25) is 4.79 Å². The van der Waals surface area contributed by atoms with Crippen molar-refractivity contribution in [1.29, 1.82) is 5.26 Å². The van der Waals surface area contributed by atoms with Gasteiger partial charge in [-0.15, -0.1) is 13.2 Å². The first-order valence-corrected chi connectivity index (χ1v) is 7.84. The molecule has 0 aliphatic carbocycles. The number of halogens is 3. The van der Waals surface area contributed by atoms with E-state index in [0.29, 0.717) is 0 Å². The SMILES string of the molecule is CS(=O)(=O)CCC(=O)Nc1cccc(OC(F)(F)F)c1C#N. The van der Waals surface area contributed by atoms with Gasteiger partial charge in [0, 0.05) is 12.7 Å². The molecule has 0 radical (unpaired) electrons. The minimum atomic E-state index is -4.98. The van der Waals surface area contributed by atoms with Gasteiger partial charge in [0.05, 0.1) is 11.4 Å². The van der Waals surface area contributed by atoms with Gasteiger partial charge in [0.15, 0.2) is 0 Å². The molecule has 6 nitrogen and oxygen atoms in total. The Bertz CT molecular complexity index is 708. The third-order valence-electron chi connectivity index (χ3n) is 2.34. The molecule has 0 saturated carbocycles. The zero-order chi connectivity index (χ0) is 17.0. The summed E-state index contributed by atoms with van der Waals surface area (Å²) in [6, 6.07) is 4.80. The summed E-state index contributed by atoms with van der Waals surface area (Å²) in [5, 5.41) is 11.1. The van der Waals surface area contributed by atoms with Crippen molar-refractivity contribution in [3.05, 3.63) is 23.8 Å². The first kappa shape index (κ1) is 17.8. The van der Waals surface area contributed by atoms with Crippen LogP contribution >= 0.6 is 0 Å². The van der Waals surface area contributed by atoms with Crippen LogP contribution in [0.5, 0.6) is 5.75 Å². The molecule has 1 aromatic rings. The lowest BCUT2D eigenvalue weighted by atomic mass is 10.1. The highest BCUT2D eigenvalue weighted by Crippen LogP contribution is 2.30. The zero-order valence-electron chi connectivity index (χ0n) is 11.3. The summed E-state index contributed by atoms with van der Waals surface area (Å²) >= 11 is 0. The molecule has 0 unspecified atom stereocenters. The van der Waals surface area contributed by atoms with E-state index in [1.165, 1.54) is 12.1 Å². The zero-order valence-corrected chi connectivity index (χ0v) is 12.1. The van der Waals surface area contributed by atoms with E-state index < -0.39 is 39.2 Å². The Labute approximate surface area is 124 Å². The van der Waals surface area contributed by atoms with Crippen LogP contribution in [0.2, 0.25) is 0 Å². The number of carbonyl (C=O) groups excluding carboxylic acids is 1. The number of carbonyl (C=O) groups is 1. The number of amides is 1. The molecule has 0 bridgehead atoms. The van der Waals surface area contributed by atoms with Gasteiger partial charge in [-0.1, -0.05) is 6.07 Å². The summed E-state index contributed by atoms with van der Waals surface area (Å²) in [6.07, 6.45) is -4.42. The first-order chi connectivity index (χ1) is 10.0. The van der Waals surface area contributed by atoms with Crippen molar-refractivity contribution in [2.45, 2.75) is 12.8 Å². The Morgan fingerprint density at radius 2 is 2.05 bits per heavy atom. The second-order valence-corrected chi connectivity index (χ2v) is 6.53. The molecule has 10 heteroatoms. The molecular formula is C12H11F3N2O4S. The molecule has 1 amide bonds. The van der Waals surface area contributed by atoms with Crippen LogP contribution in [0.15, 0.2) is 18.2 Å². The fourth-order valence-electron chi connectivity index (χ4n) is 1.45. The molecule has 1 rings (SSSR count). The topological polar surface area (TPSA) is 96.3 Å². The molecule has 22 heavy (non-hydrogen) atoms. The number of nitrogens with one attached hydrogen (secondary N) is 1. The second kappa shape index (κ2) is 6.65. The van der Waals surface area contributed by atoms with Gasteiger partial charge in [-0.05, 0) is 12.1 Å². The van der Waals surface area contributed by atoms with Crippen molar-refractivity contribution in [1.82, 2.24) is 0 Å². The lowest BCUT2D eigenvalue weighted by Crippen LogP contribution is -2.19. The molecule has 0 aliphatic rings. The summed E-state index contributed by atoms with van der Waals surface area (Å²) in [4.78, 5) is 11.6. The van der Waals surface area contributed by atoms with Crippen LogP contribution in [0.1, 0.15) is 12.0 Å². The van der Waals surface area contributed by atoms with Gasteiger partial charge in [-0.2, -0.15) is 5.26 Å². The monoisotopic (exact) mass is 336 g/mol. The van der Waals surface area contributed by atoms with Crippen molar-refractivity contribution in [2.24, 2.45) is 0 Å². The molecule has 0 heterocycles. The molecule has 0 aromatic heterocycles. The first-order valence-electron chi connectivity index (χ1n) is 5.78. The normalized spacial score (nSPS) is 11.6. The van der Waals surface area contributed by atoms with Crippen LogP contribution in [0, 0.1) is 11.3 Å². The highest BCUT2D eigenvalue weighted by molar-refractivity contribution is 7.90. The van der Waals surface area contributed by atoms with E-state index in [0.717, 1.165) is 18.4 Å². The molecule has 0 saturated heterocycles. The van der Waals surface area contributed by atoms with E-state index in [1.807, 2.05) is 0 Å². The van der Waals surface area contributed by atoms with E-state index >= 15 is 0 Å². The quantitative estimate of drug-likeness (QED) is 0.885. The lowest BCUT2D eigenvalue weighted by molar-refractivity contribution is -0.274. The summed E-state index contributed by atoms with van der Waals surface area (Å²) in [7, 11) is -3.36. The maximum Gasteiger partial charge on any atom is 0.573 e. The maximum atomic E-state index is 12.2. The van der Waals surface area contributed by atoms with Gasteiger partial charge >= 0.3 is 6.36 Å². The minimum Gasteiger partial charge on any atom is -0.404 e. The van der Waals surface area contributed by atoms with E-state index in [4.69, 9.17) is 5.26 Å². The van der Waals surface area contributed by atoms with E-state index in [1.54, 1.807) is 0 Å². The number of anilines is 1. The van der Waals surface area contributed by atoms with Crippen molar-refractivity contribution in [2.75, 3.05) is 17.3 Å². The average Bonchev–Trinajstić information content (AvgIpc) is 2.34. The third kappa shape index (κ3) is 6.01. The molecule has 0 fully saturated rings. The number of benzene rings is 1. The van der Waals surface area contributed by atoms with Crippen LogP contribution in [0.3, 0.4) is 0 Å². The van der Waals surface area contributed by atoms with Crippen LogP contribution in [-0.4, -0.2) is 32.7 Å². The Balaban J connectivity index is 2.94. The van der Waals surface area contributed by atoms with Crippen LogP contribution in [-0.2, 0) is 14.6 Å². The molecular weight excluding hydrogens is 325 g/mol. The summed E-state index contributed by atoms with van der Waals surface area (Å²) in [6.45, 7) is 0. The molecule has 1 aromatic carbocycles. The van der Waals surface area contributed by atoms with E-state index in [9.17, 15) is 26.4 Å². The number of nitriles is 1. The van der Waals surface area contributed by atoms with Gasteiger partial charge in [0.25, 0.3) is 0 Å². The summed E-state index contributed by atoms with van der Waals surface area (Å²) < 4.78 is 62.2. The number of sulfone groups is 1. The Morgan fingerprint density at radius 3 is 2.55 bits per heavy atom. The van der Waals surface area contributed by atoms with Gasteiger partial charge < -0.3 is 10.1 Å². The van der Waals surface area contributed by atoms with Crippen LogP contribution in [0.25, 0.3) is 0 Å². The molecule has 0 atom stereocenters. The minimum absolute atomic E-state index is 0.192. The van der Waals surface area contributed by atoms with Crippen molar-refractivity contribution in [3.8, 4) is 11.8 Å². The standard InChI is InChI=1S/C12H11F3N2O4S/c1-22(19,20)6-5-11(18)17-9-3-2-4-10(8(9)7-16)21-12(13,14)15/h2-4H,5-6H2,1H3,(H,17,18). The van der Waals surface area contributed by atoms with Gasteiger partial charge in [-0.25, -0.2) is 8.42 Å². The molecule has 0 aliphatic heterocycles. The lowest BCUT2D eigenvalue weighted by Gasteiger charge is -2.13. The predicted octanol–water partition coefficient (Wildman–Crippen LogP) is 1.83. The number of ether oxygens (including phenoxy) is 1. The Hall–Kier alpha value is -2.28. The third-order valence-corrected chi connectivity index (χ3v) is 3.28. The predicted molar refractivity (Wildman–Crippen MR) is 70.8 cm³/mol. The van der Waals surface area contributed by atoms with Gasteiger partial charge in [0.1, 0.15) is 27.2 Å². The molecule has 1 N–H and O–H groups in total. The summed E-state index contributed by atoms with van der Waals surface area (Å²) in [5.74, 6) is -1.92. The van der Waals surface area contributed by atoms with E-state index in [-0.39, 0.29) is 12.1 Å². The van der Waals surface area contributed by atoms with Crippen LogP contribution < -0.4 is 10.1 Å². The largest absolute Gasteiger partial charge is 0.573 e. The van der Waals surface area contributed by atoms with Gasteiger partial charge in [0.2, 0.25) is 5.91 Å². The van der Waals surface area contributed by atoms with Crippen molar-refractivity contribution in [3.63, 3.8) is 0 Å². The molecule has 120 valence electrons. The number of nitrogens with zero attached hydrogens (tertiary/aromatic N) is 1. The fraction of sp³-hybridized carbons (Fsp3) is 0.333. The maximum absolute atomic E-state index is 12.2. The highest BCUT2D eigenvalue weighted by atomic mass is 32.2. The van der Waals surface area contributed by atoms with Crippen LogP contribution in [0.4, 0.5) is 18.9 Å². The highest BCUT2D eigenvalue weighted by Gasteiger charge is 2.32. The Morgan fingerprint density at radius 1 is 1.41 bits per heavy atom. The number of hydrogen-bond acceptors (Lipinski definition) is 5. The fourth-order valence-corrected chi connectivity index (χ4v) is 2.01. The molecule has 0 spiro atoms. The number of alkyl halides is 3. The van der Waals surface area contributed by atoms with Crippen molar-refractivity contribution >= 4 is 21.4 Å². The Kier molecular flexibility index (Phi) is 5.38. The van der Waals surface area contributed by atoms with E-state index in [2.05, 4.69) is 10.1 Å².